The van der Waals surface area contributed by atoms with E-state index >= 15 is 0 Å². The Morgan fingerprint density at radius 3 is 1.28 bits per heavy atom. The topological polar surface area (TPSA) is 42.8 Å². The number of rotatable bonds is 0. The van der Waals surface area contributed by atoms with E-state index in [1.165, 1.54) is 184 Å². The van der Waals surface area contributed by atoms with Crippen molar-refractivity contribution in [1.82, 2.24) is 5.32 Å². The highest BCUT2D eigenvalue weighted by Crippen LogP contribution is 2.57. The average Bonchev–Trinajstić information content (AvgIpc) is 1.29. The van der Waals surface area contributed by atoms with Crippen molar-refractivity contribution in [2.24, 2.45) is 149 Å². The predicted molar refractivity (Wildman–Crippen MR) is 447 cm³/mol. The highest BCUT2D eigenvalue weighted by atomic mass is 32.2. The molecular formula is C97H172N2O2S. The standard InChI is InChI=1S/C15H28.C14H26.2C12H22.2C11H19NO.C11H16S.C11H20/c1-15(2,3)14-10-8-12-6-4-5-7-13(12)9-11-14;1-14(2,3)13-9-5-7-11-6-4-8-12(11)10-13;1-12(2,3)11-7-6-9-4-5-10(9)8-11;1-12(2,3)11-6-4-5-9-7-10(9)8-11;2*1-11(2,3)10-6-9-8(7-13-10)4-5-12-9;1-11(2,3)9-5-4-8-6-7-12-10(8)9;1-11(2,3)10-5-4-8-6-9(8)7-10/h12-14H,4-11H2,1-3H3;11-13H,4-10H2,1-3H3;2*9-11H,4-8H2,1-3H3;10,12H,4-7H2,1-3H3;8,10H,4-7H2,1-3H3;5-8,10H,4H2,1-3H3;8-10H,4-7H2,1-3H3. The van der Waals surface area contributed by atoms with Gasteiger partial charge in [0.1, 0.15) is 0 Å². The fraction of sp³-hybridized carbons (Fsp3) is 0.928. The van der Waals surface area contributed by atoms with Crippen LogP contribution in [-0.2, 0) is 9.47 Å². The Morgan fingerprint density at radius 2 is 0.794 bits per heavy atom. The number of thioether (sulfide) groups is 1. The van der Waals surface area contributed by atoms with Gasteiger partial charge in [0.2, 0.25) is 0 Å². The first-order valence-corrected chi connectivity index (χ1v) is 45.8. The van der Waals surface area contributed by atoms with Crippen LogP contribution in [0, 0.1) is 144 Å². The molecule has 16 aliphatic rings. The SMILES string of the molecule is CC(C)(C)C1=CCC2C=CSC12.CC(C)(C)C1CC2=C(CCN2)CO1.CC(C)(C)C1CC2=NCCC2CO1.CC(C)(C)C1CCC2CC2C1.CC(C)(C)C1CCC2CCC2C1.CC(C)(C)C1CCC2CCCCC2CC1.CC(C)(C)C1CCCC2CC2C1.CC(C)(C)C1CCCC2CCCC2C1. The molecule has 10 saturated carbocycles. The van der Waals surface area contributed by atoms with Crippen LogP contribution in [0.2, 0.25) is 0 Å². The molecule has 0 radical (unpaired) electrons. The number of hydrogen-bond acceptors (Lipinski definition) is 5. The zero-order chi connectivity index (χ0) is 74.4. The van der Waals surface area contributed by atoms with E-state index in [-0.39, 0.29) is 10.8 Å². The van der Waals surface area contributed by atoms with Gasteiger partial charge in [0, 0.05) is 48.5 Å². The van der Waals surface area contributed by atoms with E-state index in [0.29, 0.717) is 50.6 Å². The highest BCUT2D eigenvalue weighted by molar-refractivity contribution is 8.03. The summed E-state index contributed by atoms with van der Waals surface area (Å²) in [4.78, 5) is 4.56. The summed E-state index contributed by atoms with van der Waals surface area (Å²) < 4.78 is 11.7. The van der Waals surface area contributed by atoms with E-state index in [4.69, 9.17) is 9.47 Å². The van der Waals surface area contributed by atoms with Gasteiger partial charge >= 0.3 is 0 Å². The predicted octanol–water partition coefficient (Wildman–Crippen LogP) is 28.8. The first kappa shape index (κ1) is 85.0. The number of nitrogens with zero attached hydrogens (tertiary/aromatic N) is 1. The molecule has 0 aromatic rings. The maximum absolute atomic E-state index is 5.88. The molecule has 5 heteroatoms. The van der Waals surface area contributed by atoms with Crippen LogP contribution in [0.3, 0.4) is 0 Å². The summed E-state index contributed by atoms with van der Waals surface area (Å²) in [6.45, 7) is 60.7. The van der Waals surface area contributed by atoms with Gasteiger partial charge in [-0.15, -0.1) is 11.8 Å². The number of fused-ring (bicyclic) bond motifs is 7. The molecule has 102 heavy (non-hydrogen) atoms. The summed E-state index contributed by atoms with van der Waals surface area (Å²) in [5.74, 6) is 17.8. The van der Waals surface area contributed by atoms with E-state index in [0.717, 1.165) is 139 Å². The summed E-state index contributed by atoms with van der Waals surface area (Å²) in [5, 5.41) is 6.50. The lowest BCUT2D eigenvalue weighted by atomic mass is 9.58. The van der Waals surface area contributed by atoms with Crippen LogP contribution in [0.15, 0.2) is 39.4 Å². The van der Waals surface area contributed by atoms with Gasteiger partial charge in [-0.2, -0.15) is 0 Å². The summed E-state index contributed by atoms with van der Waals surface area (Å²) in [5.41, 5.74) is 9.76. The Labute approximate surface area is 639 Å². The van der Waals surface area contributed by atoms with Gasteiger partial charge in [0.25, 0.3) is 0 Å². The number of hydrogen-bond donors (Lipinski definition) is 1. The van der Waals surface area contributed by atoms with E-state index in [9.17, 15) is 0 Å². The van der Waals surface area contributed by atoms with Crippen LogP contribution >= 0.6 is 11.8 Å². The van der Waals surface area contributed by atoms with Gasteiger partial charge in [-0.3, -0.25) is 4.99 Å². The molecule has 11 fully saturated rings. The molecule has 0 amide bonds. The maximum Gasteiger partial charge on any atom is 0.0701 e. The average molecular weight is 1430 g/mol. The van der Waals surface area contributed by atoms with E-state index in [1.54, 1.807) is 44.1 Å². The molecule has 5 aliphatic heterocycles. The van der Waals surface area contributed by atoms with Gasteiger partial charge in [-0.05, 0) is 284 Å². The number of ether oxygens (including phenoxy) is 2. The monoisotopic (exact) mass is 1430 g/mol. The van der Waals surface area contributed by atoms with Crippen LogP contribution in [0.4, 0.5) is 0 Å². The van der Waals surface area contributed by atoms with Crippen LogP contribution < -0.4 is 5.32 Å². The molecule has 4 nitrogen and oxygen atoms in total. The highest BCUT2D eigenvalue weighted by Gasteiger charge is 2.47. The summed E-state index contributed by atoms with van der Waals surface area (Å²) in [6.07, 6.45) is 55.7. The Morgan fingerprint density at radius 1 is 0.392 bits per heavy atom. The largest absolute Gasteiger partial charge is 0.388 e. The van der Waals surface area contributed by atoms with Crippen molar-refractivity contribution in [3.8, 4) is 0 Å². The lowest BCUT2D eigenvalue weighted by molar-refractivity contribution is -0.0336. The normalized spacial score (nSPS) is 37.5. The zero-order valence-corrected chi connectivity index (χ0v) is 73.1. The van der Waals surface area contributed by atoms with Gasteiger partial charge in [-0.1, -0.05) is 255 Å². The second-order valence-corrected chi connectivity index (χ2v) is 47.4. The molecule has 0 bridgehead atoms. The molecule has 0 spiro atoms. The third-order valence-electron chi connectivity index (χ3n) is 30.7. The van der Waals surface area contributed by atoms with E-state index < -0.39 is 0 Å². The molecule has 0 aromatic heterocycles. The van der Waals surface area contributed by atoms with Gasteiger partial charge in [-0.25, -0.2) is 0 Å². The minimum Gasteiger partial charge on any atom is -0.388 e. The Balaban J connectivity index is 0.000000136. The first-order chi connectivity index (χ1) is 47.6. The van der Waals surface area contributed by atoms with Crippen molar-refractivity contribution in [2.45, 2.75) is 402 Å². The molecule has 0 aromatic carbocycles. The summed E-state index contributed by atoms with van der Waals surface area (Å²) >= 11 is 2.00. The van der Waals surface area contributed by atoms with Crippen LogP contribution in [0.1, 0.15) is 384 Å². The zero-order valence-electron chi connectivity index (χ0n) is 72.3. The smallest absolute Gasteiger partial charge is 0.0701 e. The first-order valence-electron chi connectivity index (χ1n) is 44.8. The van der Waals surface area contributed by atoms with E-state index in [1.807, 2.05) is 11.8 Å². The molecule has 11 aliphatic carbocycles. The van der Waals surface area contributed by atoms with Gasteiger partial charge < -0.3 is 14.8 Å². The van der Waals surface area contributed by atoms with Crippen molar-refractivity contribution < 1.29 is 9.47 Å². The van der Waals surface area contributed by atoms with Crippen molar-refractivity contribution in [3.05, 3.63) is 34.4 Å². The minimum atomic E-state index is 0.260. The lowest BCUT2D eigenvalue weighted by Gasteiger charge is -2.47. The van der Waals surface area contributed by atoms with Gasteiger partial charge in [0.15, 0.2) is 0 Å². The lowest BCUT2D eigenvalue weighted by Crippen LogP contribution is -2.39. The molecular weight excluding hydrogens is 1260 g/mol. The van der Waals surface area contributed by atoms with Crippen molar-refractivity contribution in [3.63, 3.8) is 0 Å². The molecule has 588 valence electrons. The number of allylic oxidation sites excluding steroid dienone is 2. The molecule has 19 unspecified atom stereocenters. The minimum absolute atomic E-state index is 0.260. The maximum atomic E-state index is 5.88. The van der Waals surface area contributed by atoms with Crippen LogP contribution in [-0.4, -0.2) is 49.5 Å². The number of aliphatic imine (C=N–C) groups is 1. The molecule has 1 saturated heterocycles. The number of nitrogens with one attached hydrogen (secondary N) is 1. The Bertz CT molecular complexity index is 2640. The third-order valence-corrected chi connectivity index (χ3v) is 31.9. The third kappa shape index (κ3) is 25.2. The second-order valence-electron chi connectivity index (χ2n) is 46.4. The quantitative estimate of drug-likeness (QED) is 0.246. The summed E-state index contributed by atoms with van der Waals surface area (Å²) in [6, 6.07) is 0. The van der Waals surface area contributed by atoms with Gasteiger partial charge in [0.05, 0.1) is 25.4 Å². The fourth-order valence-corrected chi connectivity index (χ4v) is 23.7. The van der Waals surface area contributed by atoms with E-state index in [2.05, 4.69) is 194 Å². The van der Waals surface area contributed by atoms with Crippen LogP contribution in [0.5, 0.6) is 0 Å². The second kappa shape index (κ2) is 36.0. The van der Waals surface area contributed by atoms with Crippen molar-refractivity contribution >= 4 is 17.5 Å². The van der Waals surface area contributed by atoms with Crippen molar-refractivity contribution in [2.75, 3.05) is 26.3 Å². The molecule has 1 N–H and O–H groups in total. The summed E-state index contributed by atoms with van der Waals surface area (Å²) in [7, 11) is 0. The van der Waals surface area contributed by atoms with Crippen molar-refractivity contribution in [1.29, 1.82) is 0 Å². The molecule has 19 atom stereocenters. The van der Waals surface area contributed by atoms with Crippen LogP contribution in [0.25, 0.3) is 0 Å². The Hall–Kier alpha value is -1.04. The molecule has 5 heterocycles. The fourth-order valence-electron chi connectivity index (χ4n) is 22.3. The Kier molecular flexibility index (Phi) is 30.0. The molecule has 16 rings (SSSR count).